The van der Waals surface area contributed by atoms with Gasteiger partial charge in [-0.15, -0.1) is 11.3 Å². The van der Waals surface area contributed by atoms with Crippen molar-refractivity contribution in [3.63, 3.8) is 0 Å². The van der Waals surface area contributed by atoms with E-state index in [0.29, 0.717) is 16.5 Å². The fourth-order valence-electron chi connectivity index (χ4n) is 2.69. The van der Waals surface area contributed by atoms with Gasteiger partial charge in [-0.1, -0.05) is 38.1 Å². The van der Waals surface area contributed by atoms with E-state index in [1.807, 2.05) is 29.6 Å². The fraction of sp³-hybridized carbons (Fsp3) is 0.238. The van der Waals surface area contributed by atoms with Crippen LogP contribution in [0.4, 0.5) is 5.00 Å². The molecule has 0 aliphatic heterocycles. The van der Waals surface area contributed by atoms with Crippen molar-refractivity contribution in [3.8, 4) is 11.1 Å². The Kier molecular flexibility index (Phi) is 5.76. The van der Waals surface area contributed by atoms with Gasteiger partial charge in [0.05, 0.1) is 12.9 Å². The van der Waals surface area contributed by atoms with Gasteiger partial charge in [0.2, 0.25) is 0 Å². The molecule has 0 spiro atoms. The predicted molar refractivity (Wildman–Crippen MR) is 106 cm³/mol. The third-order valence-electron chi connectivity index (χ3n) is 4.13. The first-order valence-electron chi connectivity index (χ1n) is 8.75. The highest BCUT2D eigenvalue weighted by Gasteiger charge is 2.23. The molecule has 1 aromatic carbocycles. The maximum Gasteiger partial charge on any atom is 0.341 e. The van der Waals surface area contributed by atoms with Gasteiger partial charge < -0.3 is 14.5 Å². The molecule has 1 amide bonds. The third kappa shape index (κ3) is 4.11. The van der Waals surface area contributed by atoms with Crippen LogP contribution in [0.5, 0.6) is 0 Å². The van der Waals surface area contributed by atoms with E-state index in [-0.39, 0.29) is 12.4 Å². The van der Waals surface area contributed by atoms with E-state index < -0.39 is 11.9 Å². The summed E-state index contributed by atoms with van der Waals surface area (Å²) in [4.78, 5) is 24.9. The highest BCUT2D eigenvalue weighted by molar-refractivity contribution is 7.15. The Bertz CT molecular complexity index is 924. The summed E-state index contributed by atoms with van der Waals surface area (Å²) in [6.07, 6.45) is 1.43. The molecule has 1 N–H and O–H groups in total. The number of esters is 1. The molecule has 0 unspecified atom stereocenters. The number of nitrogens with one attached hydrogen (secondary N) is 1. The molecule has 0 saturated heterocycles. The molecule has 27 heavy (non-hydrogen) atoms. The summed E-state index contributed by atoms with van der Waals surface area (Å²) >= 11 is 1.29. The first-order valence-corrected chi connectivity index (χ1v) is 9.63. The number of amides is 1. The lowest BCUT2D eigenvalue weighted by Gasteiger charge is -2.10. The van der Waals surface area contributed by atoms with Gasteiger partial charge in [0.15, 0.2) is 5.76 Å². The van der Waals surface area contributed by atoms with E-state index >= 15 is 0 Å². The Morgan fingerprint density at radius 1 is 1.19 bits per heavy atom. The summed E-state index contributed by atoms with van der Waals surface area (Å²) in [7, 11) is 0. The average Bonchev–Trinajstić information content (AvgIpc) is 3.32. The number of carbonyl (C=O) groups excluding carboxylic acids is 2. The summed E-state index contributed by atoms with van der Waals surface area (Å²) in [6.45, 7) is 6.27. The van der Waals surface area contributed by atoms with Crippen LogP contribution in [0.3, 0.4) is 0 Å². The number of rotatable bonds is 6. The van der Waals surface area contributed by atoms with E-state index in [9.17, 15) is 9.59 Å². The molecule has 6 heteroatoms. The molecule has 0 fully saturated rings. The Morgan fingerprint density at radius 3 is 2.52 bits per heavy atom. The van der Waals surface area contributed by atoms with Gasteiger partial charge in [-0.05, 0) is 36.1 Å². The fourth-order valence-corrected chi connectivity index (χ4v) is 3.64. The van der Waals surface area contributed by atoms with Crippen molar-refractivity contribution >= 4 is 28.2 Å². The average molecular weight is 383 g/mol. The highest BCUT2D eigenvalue weighted by Crippen LogP contribution is 2.37. The number of carbonyl (C=O) groups is 2. The van der Waals surface area contributed by atoms with Gasteiger partial charge in [0.25, 0.3) is 5.91 Å². The Labute approximate surface area is 162 Å². The van der Waals surface area contributed by atoms with Crippen molar-refractivity contribution in [3.05, 3.63) is 64.9 Å². The van der Waals surface area contributed by atoms with E-state index in [4.69, 9.17) is 9.15 Å². The Balaban J connectivity index is 1.97. The first-order chi connectivity index (χ1) is 13.0. The second kappa shape index (κ2) is 8.22. The molecular formula is C21H21NO4S. The number of hydrogen-bond donors (Lipinski definition) is 1. The van der Waals surface area contributed by atoms with Gasteiger partial charge in [0.1, 0.15) is 10.6 Å². The van der Waals surface area contributed by atoms with Crippen LogP contribution in [-0.4, -0.2) is 18.5 Å². The van der Waals surface area contributed by atoms with Crippen molar-refractivity contribution in [2.24, 2.45) is 0 Å². The molecule has 3 aromatic rings. The SMILES string of the molecule is CCOC(=O)c1c(-c2ccc(C(C)C)cc2)csc1NC(=O)c1ccco1. The number of anilines is 1. The maximum atomic E-state index is 12.6. The monoisotopic (exact) mass is 383 g/mol. The second-order valence-corrected chi connectivity index (χ2v) is 7.16. The van der Waals surface area contributed by atoms with Crippen LogP contribution in [0.1, 0.15) is 53.2 Å². The van der Waals surface area contributed by atoms with Crippen molar-refractivity contribution < 1.29 is 18.7 Å². The number of ether oxygens (including phenoxy) is 1. The van der Waals surface area contributed by atoms with Crippen LogP contribution in [-0.2, 0) is 4.74 Å². The van der Waals surface area contributed by atoms with Gasteiger partial charge in [-0.2, -0.15) is 0 Å². The van der Waals surface area contributed by atoms with Crippen LogP contribution in [0, 0.1) is 0 Å². The molecule has 5 nitrogen and oxygen atoms in total. The van der Waals surface area contributed by atoms with Crippen molar-refractivity contribution in [1.82, 2.24) is 0 Å². The number of hydrogen-bond acceptors (Lipinski definition) is 5. The molecule has 0 aliphatic carbocycles. The lowest BCUT2D eigenvalue weighted by molar-refractivity contribution is 0.0529. The zero-order valence-corrected chi connectivity index (χ0v) is 16.3. The first kappa shape index (κ1) is 18.9. The normalized spacial score (nSPS) is 10.8. The zero-order chi connectivity index (χ0) is 19.4. The van der Waals surface area contributed by atoms with E-state index in [1.54, 1.807) is 19.1 Å². The Hall–Kier alpha value is -2.86. The standard InChI is InChI=1S/C21H21NO4S/c1-4-25-21(24)18-16(15-9-7-14(8-10-15)13(2)3)12-27-20(18)22-19(23)17-6-5-11-26-17/h5-13H,4H2,1-3H3,(H,22,23). The van der Waals surface area contributed by atoms with Crippen molar-refractivity contribution in [2.75, 3.05) is 11.9 Å². The van der Waals surface area contributed by atoms with Crippen LogP contribution in [0.15, 0.2) is 52.5 Å². The zero-order valence-electron chi connectivity index (χ0n) is 15.4. The molecule has 3 rings (SSSR count). The van der Waals surface area contributed by atoms with Gasteiger partial charge in [-0.25, -0.2) is 4.79 Å². The molecule has 0 atom stereocenters. The second-order valence-electron chi connectivity index (χ2n) is 6.28. The largest absolute Gasteiger partial charge is 0.462 e. The van der Waals surface area contributed by atoms with E-state index in [2.05, 4.69) is 19.2 Å². The lowest BCUT2D eigenvalue weighted by atomic mass is 9.98. The van der Waals surface area contributed by atoms with Gasteiger partial charge in [0, 0.05) is 10.9 Å². The molecule has 2 heterocycles. The summed E-state index contributed by atoms with van der Waals surface area (Å²) in [5.41, 5.74) is 3.22. The molecule has 0 aliphatic rings. The minimum atomic E-state index is -0.462. The van der Waals surface area contributed by atoms with Crippen LogP contribution < -0.4 is 5.32 Å². The van der Waals surface area contributed by atoms with Crippen LogP contribution in [0.2, 0.25) is 0 Å². The van der Waals surface area contributed by atoms with Crippen LogP contribution in [0.25, 0.3) is 11.1 Å². The highest BCUT2D eigenvalue weighted by atomic mass is 32.1. The van der Waals surface area contributed by atoms with Gasteiger partial charge >= 0.3 is 5.97 Å². The number of benzene rings is 1. The third-order valence-corrected chi connectivity index (χ3v) is 5.03. The summed E-state index contributed by atoms with van der Waals surface area (Å²) in [5.74, 6) is -0.263. The molecular weight excluding hydrogens is 362 g/mol. The predicted octanol–water partition coefficient (Wildman–Crippen LogP) is 5.56. The van der Waals surface area contributed by atoms with Gasteiger partial charge in [-0.3, -0.25) is 4.79 Å². The number of thiophene rings is 1. The van der Waals surface area contributed by atoms with E-state index in [1.165, 1.54) is 23.2 Å². The maximum absolute atomic E-state index is 12.6. The Morgan fingerprint density at radius 2 is 1.93 bits per heavy atom. The lowest BCUT2D eigenvalue weighted by Crippen LogP contribution is -2.14. The smallest absolute Gasteiger partial charge is 0.341 e. The van der Waals surface area contributed by atoms with Crippen molar-refractivity contribution in [1.29, 1.82) is 0 Å². The topological polar surface area (TPSA) is 68.5 Å². The molecule has 0 bridgehead atoms. The van der Waals surface area contributed by atoms with Crippen molar-refractivity contribution in [2.45, 2.75) is 26.7 Å². The van der Waals surface area contributed by atoms with E-state index in [0.717, 1.165) is 11.1 Å². The minimum Gasteiger partial charge on any atom is -0.462 e. The molecule has 140 valence electrons. The summed E-state index contributed by atoms with van der Waals surface area (Å²) < 4.78 is 10.3. The number of furan rings is 1. The summed E-state index contributed by atoms with van der Waals surface area (Å²) in [5, 5.41) is 5.05. The van der Waals surface area contributed by atoms with Crippen LogP contribution >= 0.6 is 11.3 Å². The molecule has 2 aromatic heterocycles. The minimum absolute atomic E-state index is 0.182. The quantitative estimate of drug-likeness (QED) is 0.566. The molecule has 0 saturated carbocycles. The summed E-state index contributed by atoms with van der Waals surface area (Å²) in [6, 6.07) is 11.3. The molecule has 0 radical (unpaired) electrons.